The molecular weight excluding hydrogens is 234 g/mol. The zero-order chi connectivity index (χ0) is 13.1. The van der Waals surface area contributed by atoms with Gasteiger partial charge in [0.25, 0.3) is 0 Å². The van der Waals surface area contributed by atoms with Crippen molar-refractivity contribution in [1.29, 1.82) is 0 Å². The van der Waals surface area contributed by atoms with Crippen molar-refractivity contribution in [3.05, 3.63) is 35.4 Å². The van der Waals surface area contributed by atoms with Gasteiger partial charge in [-0.2, -0.15) is 0 Å². The van der Waals surface area contributed by atoms with Crippen LogP contribution in [0, 0.1) is 0 Å². The monoisotopic (exact) mass is 259 g/mol. The highest BCUT2D eigenvalue weighted by Gasteiger charge is 2.34. The smallest absolute Gasteiger partial charge is 0.0804 e. The summed E-state index contributed by atoms with van der Waals surface area (Å²) in [6.45, 7) is 1.54. The largest absolute Gasteiger partial charge is 0.373 e. The van der Waals surface area contributed by atoms with Crippen LogP contribution >= 0.6 is 0 Å². The van der Waals surface area contributed by atoms with Crippen molar-refractivity contribution in [3.63, 3.8) is 0 Å². The van der Waals surface area contributed by atoms with Gasteiger partial charge in [-0.15, -0.1) is 0 Å². The van der Waals surface area contributed by atoms with Crippen LogP contribution < -0.4 is 5.73 Å². The Morgan fingerprint density at radius 1 is 1.16 bits per heavy atom. The highest BCUT2D eigenvalue weighted by molar-refractivity contribution is 5.32. The second-order valence-corrected chi connectivity index (χ2v) is 6.19. The molecule has 0 bridgehead atoms. The molecule has 2 aliphatic rings. The molecule has 2 aliphatic carbocycles. The number of hydrogen-bond donors (Lipinski definition) is 1. The first-order valence-electron chi connectivity index (χ1n) is 7.75. The van der Waals surface area contributed by atoms with Crippen LogP contribution in [0.3, 0.4) is 0 Å². The number of fused-ring (bicyclic) bond motifs is 1. The molecule has 1 saturated carbocycles. The van der Waals surface area contributed by atoms with Crippen molar-refractivity contribution in [1.82, 2.24) is 0 Å². The lowest BCUT2D eigenvalue weighted by atomic mass is 9.83. The topological polar surface area (TPSA) is 35.2 Å². The summed E-state index contributed by atoms with van der Waals surface area (Å²) < 4.78 is 6.31. The summed E-state index contributed by atoms with van der Waals surface area (Å²) in [4.78, 5) is 0. The fourth-order valence-corrected chi connectivity index (χ4v) is 3.73. The van der Waals surface area contributed by atoms with Crippen LogP contribution in [0.1, 0.15) is 55.6 Å². The molecule has 0 saturated heterocycles. The third-order valence-electron chi connectivity index (χ3n) is 4.97. The summed E-state index contributed by atoms with van der Waals surface area (Å²) in [6, 6.07) is 8.87. The molecular formula is C17H25NO. The minimum atomic E-state index is -0.00755. The molecule has 3 rings (SSSR count). The van der Waals surface area contributed by atoms with Gasteiger partial charge in [0, 0.05) is 12.5 Å². The van der Waals surface area contributed by atoms with Crippen LogP contribution in [-0.4, -0.2) is 18.8 Å². The maximum atomic E-state index is 6.31. The predicted molar refractivity (Wildman–Crippen MR) is 78.3 cm³/mol. The summed E-state index contributed by atoms with van der Waals surface area (Å²) >= 11 is 0. The SMILES string of the molecule is NCC1(OCC2CCCc3ccccc32)CCCC1. The third kappa shape index (κ3) is 2.70. The van der Waals surface area contributed by atoms with Gasteiger partial charge >= 0.3 is 0 Å². The molecule has 0 spiro atoms. The molecule has 2 nitrogen and oxygen atoms in total. The molecule has 1 unspecified atom stereocenters. The lowest BCUT2D eigenvalue weighted by Crippen LogP contribution is -2.39. The van der Waals surface area contributed by atoms with Gasteiger partial charge in [0.15, 0.2) is 0 Å². The third-order valence-corrected chi connectivity index (χ3v) is 4.97. The molecule has 0 amide bonds. The first-order chi connectivity index (χ1) is 9.33. The predicted octanol–water partition coefficient (Wildman–Crippen LogP) is 3.39. The zero-order valence-corrected chi connectivity index (χ0v) is 11.7. The second kappa shape index (κ2) is 5.64. The molecule has 1 aromatic rings. The number of ether oxygens (including phenoxy) is 1. The number of nitrogens with two attached hydrogens (primary N) is 1. The molecule has 2 heteroatoms. The fourth-order valence-electron chi connectivity index (χ4n) is 3.73. The van der Waals surface area contributed by atoms with E-state index in [4.69, 9.17) is 10.5 Å². The van der Waals surface area contributed by atoms with E-state index < -0.39 is 0 Å². The van der Waals surface area contributed by atoms with Crippen molar-refractivity contribution < 1.29 is 4.74 Å². The highest BCUT2D eigenvalue weighted by Crippen LogP contribution is 2.36. The first kappa shape index (κ1) is 13.1. The summed E-state index contributed by atoms with van der Waals surface area (Å²) in [7, 11) is 0. The Balaban J connectivity index is 1.68. The van der Waals surface area contributed by atoms with Gasteiger partial charge in [0.05, 0.1) is 12.2 Å². The number of rotatable bonds is 4. The average molecular weight is 259 g/mol. The molecule has 0 aromatic heterocycles. The van der Waals surface area contributed by atoms with Crippen molar-refractivity contribution in [2.45, 2.75) is 56.5 Å². The van der Waals surface area contributed by atoms with E-state index in [1.54, 1.807) is 0 Å². The van der Waals surface area contributed by atoms with Crippen molar-refractivity contribution in [2.24, 2.45) is 5.73 Å². The summed E-state index contributed by atoms with van der Waals surface area (Å²) in [5.74, 6) is 0.578. The van der Waals surface area contributed by atoms with E-state index in [-0.39, 0.29) is 5.60 Å². The Bertz CT molecular complexity index is 423. The second-order valence-electron chi connectivity index (χ2n) is 6.19. The Kier molecular flexibility index (Phi) is 3.90. The molecule has 104 valence electrons. The van der Waals surface area contributed by atoms with E-state index >= 15 is 0 Å². The highest BCUT2D eigenvalue weighted by atomic mass is 16.5. The van der Waals surface area contributed by atoms with Gasteiger partial charge in [-0.25, -0.2) is 0 Å². The van der Waals surface area contributed by atoms with E-state index in [0.717, 1.165) is 19.4 Å². The van der Waals surface area contributed by atoms with Gasteiger partial charge < -0.3 is 10.5 Å². The first-order valence-corrected chi connectivity index (χ1v) is 7.75. The summed E-state index contributed by atoms with van der Waals surface area (Å²) in [5.41, 5.74) is 8.98. The van der Waals surface area contributed by atoms with E-state index in [0.29, 0.717) is 12.5 Å². The van der Waals surface area contributed by atoms with Gasteiger partial charge in [0.2, 0.25) is 0 Å². The number of benzene rings is 1. The maximum absolute atomic E-state index is 6.31. The molecule has 2 N–H and O–H groups in total. The van der Waals surface area contributed by atoms with Crippen molar-refractivity contribution in [2.75, 3.05) is 13.2 Å². The van der Waals surface area contributed by atoms with Crippen LogP contribution in [-0.2, 0) is 11.2 Å². The van der Waals surface area contributed by atoms with Gasteiger partial charge in [-0.05, 0) is 43.2 Å². The van der Waals surface area contributed by atoms with Crippen LogP contribution in [0.25, 0.3) is 0 Å². The van der Waals surface area contributed by atoms with Crippen molar-refractivity contribution in [3.8, 4) is 0 Å². The molecule has 1 aromatic carbocycles. The van der Waals surface area contributed by atoms with Crippen LogP contribution in [0.4, 0.5) is 0 Å². The normalized spacial score (nSPS) is 25.2. The molecule has 1 fully saturated rings. The van der Waals surface area contributed by atoms with E-state index in [1.807, 2.05) is 0 Å². The van der Waals surface area contributed by atoms with Crippen LogP contribution in [0.2, 0.25) is 0 Å². The summed E-state index contributed by atoms with van der Waals surface area (Å²) in [6.07, 6.45) is 8.64. The lowest BCUT2D eigenvalue weighted by Gasteiger charge is -2.32. The molecule has 0 heterocycles. The van der Waals surface area contributed by atoms with Gasteiger partial charge in [0.1, 0.15) is 0 Å². The standard InChI is InChI=1S/C17H25NO/c18-13-17(10-3-4-11-17)19-12-15-8-5-7-14-6-1-2-9-16(14)15/h1-2,6,9,15H,3-5,7-8,10-13,18H2. The minimum Gasteiger partial charge on any atom is -0.373 e. The summed E-state index contributed by atoms with van der Waals surface area (Å²) in [5, 5.41) is 0. The van der Waals surface area contributed by atoms with Crippen LogP contribution in [0.15, 0.2) is 24.3 Å². The van der Waals surface area contributed by atoms with Crippen molar-refractivity contribution >= 4 is 0 Å². The lowest BCUT2D eigenvalue weighted by molar-refractivity contribution is -0.0417. The van der Waals surface area contributed by atoms with Gasteiger partial charge in [-0.3, -0.25) is 0 Å². The number of aryl methyl sites for hydroxylation is 1. The average Bonchev–Trinajstić information content (AvgIpc) is 2.94. The Labute approximate surface area is 116 Å². The maximum Gasteiger partial charge on any atom is 0.0804 e. The number of hydrogen-bond acceptors (Lipinski definition) is 2. The zero-order valence-electron chi connectivity index (χ0n) is 11.7. The van der Waals surface area contributed by atoms with E-state index in [1.165, 1.54) is 43.2 Å². The fraction of sp³-hybridized carbons (Fsp3) is 0.647. The molecule has 1 atom stereocenters. The van der Waals surface area contributed by atoms with Crippen LogP contribution in [0.5, 0.6) is 0 Å². The Hall–Kier alpha value is -0.860. The molecule has 0 radical (unpaired) electrons. The van der Waals surface area contributed by atoms with E-state index in [9.17, 15) is 0 Å². The van der Waals surface area contributed by atoms with Gasteiger partial charge in [-0.1, -0.05) is 37.1 Å². The van der Waals surface area contributed by atoms with E-state index in [2.05, 4.69) is 24.3 Å². The molecule has 0 aliphatic heterocycles. The molecule has 19 heavy (non-hydrogen) atoms. The Morgan fingerprint density at radius 2 is 1.95 bits per heavy atom. The minimum absolute atomic E-state index is 0.00755. The Morgan fingerprint density at radius 3 is 2.74 bits per heavy atom. The quantitative estimate of drug-likeness (QED) is 0.899.